The minimum Gasteiger partial charge on any atom is -0.464 e. The van der Waals surface area contributed by atoms with Gasteiger partial charge in [0.05, 0.1) is 18.7 Å². The van der Waals surface area contributed by atoms with Gasteiger partial charge in [-0.05, 0) is 39.3 Å². The summed E-state index contributed by atoms with van der Waals surface area (Å²) in [7, 11) is 1.27. The van der Waals surface area contributed by atoms with Crippen LogP contribution in [0.15, 0.2) is 16.9 Å². The van der Waals surface area contributed by atoms with Crippen molar-refractivity contribution in [3.05, 3.63) is 28.3 Å². The standard InChI is InChI=1S/C17H22N4O5/c1-17(2,3)26-16(24)20-8-7-10(9-20)21-13-11(19-15(21)23)5-6-12(18-13)14(22)25-4/h5-6,10H,7-9H2,1-4H3,(H,19,23)/t10-/m0/s1. The highest BCUT2D eigenvalue weighted by atomic mass is 16.6. The molecule has 9 heteroatoms. The van der Waals surface area contributed by atoms with Crippen molar-refractivity contribution in [3.8, 4) is 0 Å². The Labute approximate surface area is 149 Å². The number of H-pyrrole nitrogens is 1. The van der Waals surface area contributed by atoms with Crippen LogP contribution in [0.3, 0.4) is 0 Å². The number of carbonyl (C=O) groups excluding carboxylic acids is 2. The van der Waals surface area contributed by atoms with E-state index >= 15 is 0 Å². The third kappa shape index (κ3) is 3.42. The number of likely N-dealkylation sites (tertiary alicyclic amines) is 1. The molecule has 3 rings (SSSR count). The van der Waals surface area contributed by atoms with Crippen LogP contribution >= 0.6 is 0 Å². The number of imidazole rings is 1. The van der Waals surface area contributed by atoms with Gasteiger partial charge < -0.3 is 19.4 Å². The van der Waals surface area contributed by atoms with Crippen molar-refractivity contribution in [2.75, 3.05) is 20.2 Å². The number of nitrogens with one attached hydrogen (secondary N) is 1. The third-order valence-corrected chi connectivity index (χ3v) is 4.14. The largest absolute Gasteiger partial charge is 0.464 e. The molecule has 140 valence electrons. The van der Waals surface area contributed by atoms with Gasteiger partial charge in [0.25, 0.3) is 0 Å². The molecule has 0 aliphatic carbocycles. The molecule has 0 aromatic carbocycles. The fourth-order valence-corrected chi connectivity index (χ4v) is 3.00. The molecular formula is C17H22N4O5. The quantitative estimate of drug-likeness (QED) is 0.815. The van der Waals surface area contributed by atoms with E-state index in [1.807, 2.05) is 0 Å². The van der Waals surface area contributed by atoms with Crippen LogP contribution in [0.25, 0.3) is 11.2 Å². The molecule has 9 nitrogen and oxygen atoms in total. The van der Waals surface area contributed by atoms with Crippen LogP contribution in [-0.2, 0) is 9.47 Å². The number of carbonyl (C=O) groups is 2. The number of ether oxygens (including phenoxy) is 2. The Balaban J connectivity index is 1.89. The van der Waals surface area contributed by atoms with Crippen LogP contribution in [0.2, 0.25) is 0 Å². The molecule has 0 bridgehead atoms. The summed E-state index contributed by atoms with van der Waals surface area (Å²) >= 11 is 0. The van der Waals surface area contributed by atoms with E-state index in [-0.39, 0.29) is 17.4 Å². The Bertz CT molecular complexity index is 908. The molecule has 1 N–H and O–H groups in total. The molecule has 0 radical (unpaired) electrons. The van der Waals surface area contributed by atoms with Gasteiger partial charge >= 0.3 is 17.8 Å². The van der Waals surface area contributed by atoms with E-state index in [2.05, 4.69) is 14.7 Å². The normalized spacial score (nSPS) is 17.5. The number of hydrogen-bond donors (Lipinski definition) is 1. The van der Waals surface area contributed by atoms with Gasteiger partial charge in [0.2, 0.25) is 0 Å². The van der Waals surface area contributed by atoms with Gasteiger partial charge in [0, 0.05) is 13.1 Å². The number of aromatic nitrogens is 3. The van der Waals surface area contributed by atoms with E-state index in [4.69, 9.17) is 4.74 Å². The predicted molar refractivity (Wildman–Crippen MR) is 93.2 cm³/mol. The average Bonchev–Trinajstić information content (AvgIpc) is 3.15. The van der Waals surface area contributed by atoms with Crippen molar-refractivity contribution < 1.29 is 19.1 Å². The topological polar surface area (TPSA) is 107 Å². The summed E-state index contributed by atoms with van der Waals surface area (Å²) in [6.45, 7) is 6.24. The van der Waals surface area contributed by atoms with Crippen molar-refractivity contribution in [1.82, 2.24) is 19.4 Å². The number of pyridine rings is 1. The highest BCUT2D eigenvalue weighted by Gasteiger charge is 2.32. The van der Waals surface area contributed by atoms with Crippen molar-refractivity contribution in [3.63, 3.8) is 0 Å². The average molecular weight is 362 g/mol. The number of esters is 1. The number of rotatable bonds is 2. The summed E-state index contributed by atoms with van der Waals surface area (Å²) in [6.07, 6.45) is 0.187. The smallest absolute Gasteiger partial charge is 0.410 e. The minimum absolute atomic E-state index is 0.120. The minimum atomic E-state index is -0.580. The summed E-state index contributed by atoms with van der Waals surface area (Å²) in [5.74, 6) is -0.575. The zero-order valence-corrected chi connectivity index (χ0v) is 15.2. The Morgan fingerprint density at radius 2 is 2.04 bits per heavy atom. The maximum Gasteiger partial charge on any atom is 0.410 e. The second kappa shape index (κ2) is 6.47. The molecule has 2 aromatic rings. The van der Waals surface area contributed by atoms with Gasteiger partial charge in [0.1, 0.15) is 5.60 Å². The molecular weight excluding hydrogens is 340 g/mol. The van der Waals surface area contributed by atoms with Crippen LogP contribution in [0.1, 0.15) is 43.7 Å². The fourth-order valence-electron chi connectivity index (χ4n) is 3.00. The summed E-state index contributed by atoms with van der Waals surface area (Å²) in [5.41, 5.74) is 0.108. The van der Waals surface area contributed by atoms with Crippen LogP contribution < -0.4 is 5.69 Å². The monoisotopic (exact) mass is 362 g/mol. The SMILES string of the molecule is COC(=O)c1ccc2[nH]c(=O)n([C@H]3CCN(C(=O)OC(C)(C)C)C3)c2n1. The van der Waals surface area contributed by atoms with Crippen molar-refractivity contribution in [2.45, 2.75) is 38.8 Å². The lowest BCUT2D eigenvalue weighted by Gasteiger charge is -2.24. The Kier molecular flexibility index (Phi) is 4.47. The molecule has 0 unspecified atom stereocenters. The zero-order chi connectivity index (χ0) is 19.1. The van der Waals surface area contributed by atoms with Crippen molar-refractivity contribution in [1.29, 1.82) is 0 Å². The number of hydrogen-bond acceptors (Lipinski definition) is 6. The molecule has 26 heavy (non-hydrogen) atoms. The van der Waals surface area contributed by atoms with Crippen LogP contribution in [-0.4, -0.2) is 57.3 Å². The number of aromatic amines is 1. The highest BCUT2D eigenvalue weighted by Crippen LogP contribution is 2.25. The first-order valence-electron chi connectivity index (χ1n) is 8.37. The molecule has 1 fully saturated rings. The lowest BCUT2D eigenvalue weighted by atomic mass is 10.2. The number of fused-ring (bicyclic) bond motifs is 1. The zero-order valence-electron chi connectivity index (χ0n) is 15.2. The predicted octanol–water partition coefficient (Wildman–Crippen LogP) is 1.69. The highest BCUT2D eigenvalue weighted by molar-refractivity contribution is 5.89. The van der Waals surface area contributed by atoms with E-state index in [0.717, 1.165) is 0 Å². The second-order valence-corrected chi connectivity index (χ2v) is 7.23. The van der Waals surface area contributed by atoms with Crippen LogP contribution in [0.5, 0.6) is 0 Å². The van der Waals surface area contributed by atoms with Gasteiger partial charge in [0.15, 0.2) is 11.3 Å². The van der Waals surface area contributed by atoms with Gasteiger partial charge in [-0.1, -0.05) is 0 Å². The first-order chi connectivity index (χ1) is 12.2. The molecule has 1 amide bonds. The van der Waals surface area contributed by atoms with Gasteiger partial charge in [-0.25, -0.2) is 19.4 Å². The van der Waals surface area contributed by atoms with Crippen molar-refractivity contribution in [2.24, 2.45) is 0 Å². The molecule has 1 atom stereocenters. The van der Waals surface area contributed by atoms with Crippen LogP contribution in [0.4, 0.5) is 4.79 Å². The van der Waals surface area contributed by atoms with Crippen LogP contribution in [0, 0.1) is 0 Å². The Morgan fingerprint density at radius 3 is 2.69 bits per heavy atom. The molecule has 0 saturated carbocycles. The van der Waals surface area contributed by atoms with E-state index in [1.54, 1.807) is 31.7 Å². The van der Waals surface area contributed by atoms with E-state index in [0.29, 0.717) is 30.7 Å². The maximum atomic E-state index is 12.4. The van der Waals surface area contributed by atoms with Gasteiger partial charge in [-0.15, -0.1) is 0 Å². The van der Waals surface area contributed by atoms with E-state index < -0.39 is 17.7 Å². The lowest BCUT2D eigenvalue weighted by Crippen LogP contribution is -2.36. The first-order valence-corrected chi connectivity index (χ1v) is 8.37. The summed E-state index contributed by atoms with van der Waals surface area (Å²) in [4.78, 5) is 44.9. The Hall–Kier alpha value is -2.84. The first kappa shape index (κ1) is 18.0. The molecule has 1 aliphatic rings. The molecule has 2 aromatic heterocycles. The third-order valence-electron chi connectivity index (χ3n) is 4.14. The number of nitrogens with zero attached hydrogens (tertiary/aromatic N) is 3. The number of amides is 1. The number of methoxy groups -OCH3 is 1. The van der Waals surface area contributed by atoms with E-state index in [1.165, 1.54) is 17.7 Å². The fraction of sp³-hybridized carbons (Fsp3) is 0.529. The molecule has 3 heterocycles. The van der Waals surface area contributed by atoms with Gasteiger partial charge in [-0.2, -0.15) is 0 Å². The molecule has 1 aliphatic heterocycles. The second-order valence-electron chi connectivity index (χ2n) is 7.23. The molecule has 0 spiro atoms. The summed E-state index contributed by atoms with van der Waals surface area (Å²) in [5, 5.41) is 0. The molecule has 1 saturated heterocycles. The summed E-state index contributed by atoms with van der Waals surface area (Å²) in [6, 6.07) is 2.87. The lowest BCUT2D eigenvalue weighted by molar-refractivity contribution is 0.0289. The maximum absolute atomic E-state index is 12.4. The van der Waals surface area contributed by atoms with E-state index in [9.17, 15) is 14.4 Å². The van der Waals surface area contributed by atoms with Gasteiger partial charge in [-0.3, -0.25) is 4.57 Å². The summed E-state index contributed by atoms with van der Waals surface area (Å²) < 4.78 is 11.6. The Morgan fingerprint density at radius 1 is 1.31 bits per heavy atom. The van der Waals surface area contributed by atoms with Crippen molar-refractivity contribution >= 4 is 23.2 Å².